The molecule has 20 heavy (non-hydrogen) atoms. The molecule has 0 bridgehead atoms. The molecule has 0 aliphatic heterocycles. The van der Waals surface area contributed by atoms with E-state index < -0.39 is 0 Å². The molecule has 1 unspecified atom stereocenters. The van der Waals surface area contributed by atoms with Crippen LogP contribution in [0.15, 0.2) is 53.0 Å². The van der Waals surface area contributed by atoms with Crippen LogP contribution in [0.1, 0.15) is 12.5 Å². The number of nitrogens with one attached hydrogen (secondary N) is 1. The molecule has 0 aromatic heterocycles. The number of anilines is 1. The van der Waals surface area contributed by atoms with Crippen molar-refractivity contribution in [2.75, 3.05) is 5.32 Å². The van der Waals surface area contributed by atoms with E-state index in [0.29, 0.717) is 0 Å². The lowest BCUT2D eigenvalue weighted by Gasteiger charge is -2.15. The quantitative estimate of drug-likeness (QED) is 0.651. The maximum atomic E-state index is 10.7. The first-order valence-corrected chi connectivity index (χ1v) is 7.09. The van der Waals surface area contributed by atoms with Crippen LogP contribution in [0, 0.1) is 10.1 Å². The Labute approximate surface area is 126 Å². The highest BCUT2D eigenvalue weighted by atomic mass is 79.9. The summed E-state index contributed by atoms with van der Waals surface area (Å²) in [5.74, 6) is 0. The smallest absolute Gasteiger partial charge is 0.271 e. The predicted octanol–water partition coefficient (Wildman–Crippen LogP) is 4.40. The molecule has 2 aromatic carbocycles. The Morgan fingerprint density at radius 3 is 2.60 bits per heavy atom. The number of hydrogen-bond acceptors (Lipinski definition) is 3. The minimum Gasteiger partial charge on any atom is -0.382 e. The monoisotopic (exact) mass is 334 g/mol. The molecule has 0 saturated heterocycles. The van der Waals surface area contributed by atoms with E-state index in [4.69, 9.17) is 0 Å². The number of non-ortho nitro benzene ring substituents is 1. The third-order valence-electron chi connectivity index (χ3n) is 2.93. The predicted molar refractivity (Wildman–Crippen MR) is 84.0 cm³/mol. The van der Waals surface area contributed by atoms with Gasteiger partial charge in [-0.15, -0.1) is 0 Å². The van der Waals surface area contributed by atoms with Crippen LogP contribution >= 0.6 is 15.9 Å². The summed E-state index contributed by atoms with van der Waals surface area (Å²) in [5.41, 5.74) is 2.09. The van der Waals surface area contributed by atoms with Gasteiger partial charge in [0.2, 0.25) is 0 Å². The van der Waals surface area contributed by atoms with Gasteiger partial charge in [-0.3, -0.25) is 10.1 Å². The fourth-order valence-corrected chi connectivity index (χ4v) is 2.28. The summed E-state index contributed by atoms with van der Waals surface area (Å²) in [7, 11) is 0. The van der Waals surface area contributed by atoms with Crippen LogP contribution in [-0.4, -0.2) is 11.0 Å². The van der Waals surface area contributed by atoms with Crippen molar-refractivity contribution in [3.63, 3.8) is 0 Å². The van der Waals surface area contributed by atoms with Gasteiger partial charge in [-0.2, -0.15) is 0 Å². The van der Waals surface area contributed by atoms with Crippen LogP contribution in [0.25, 0.3) is 0 Å². The van der Waals surface area contributed by atoms with E-state index in [1.165, 1.54) is 11.6 Å². The topological polar surface area (TPSA) is 55.2 Å². The SMILES string of the molecule is CC(Cc1ccc(Br)cc1)Nc1cccc([N+](=O)[O-])c1. The first-order chi connectivity index (χ1) is 9.54. The van der Waals surface area contributed by atoms with Gasteiger partial charge in [0.25, 0.3) is 5.69 Å². The maximum Gasteiger partial charge on any atom is 0.271 e. The zero-order chi connectivity index (χ0) is 14.5. The van der Waals surface area contributed by atoms with Crippen molar-refractivity contribution < 1.29 is 4.92 Å². The first-order valence-electron chi connectivity index (χ1n) is 6.30. The maximum absolute atomic E-state index is 10.7. The highest BCUT2D eigenvalue weighted by Gasteiger charge is 2.08. The van der Waals surface area contributed by atoms with Crippen LogP contribution in [-0.2, 0) is 6.42 Å². The molecule has 0 spiro atoms. The van der Waals surface area contributed by atoms with Gasteiger partial charge >= 0.3 is 0 Å². The molecule has 0 heterocycles. The molecule has 1 atom stereocenters. The van der Waals surface area contributed by atoms with Gasteiger partial charge in [0.15, 0.2) is 0 Å². The van der Waals surface area contributed by atoms with Crippen LogP contribution in [0.2, 0.25) is 0 Å². The third kappa shape index (κ3) is 4.06. The van der Waals surface area contributed by atoms with Crippen LogP contribution in [0.5, 0.6) is 0 Å². The summed E-state index contributed by atoms with van der Waals surface area (Å²) < 4.78 is 1.06. The van der Waals surface area contributed by atoms with Crippen LogP contribution in [0.4, 0.5) is 11.4 Å². The average molecular weight is 335 g/mol. The Balaban J connectivity index is 2.00. The molecule has 4 nitrogen and oxygen atoms in total. The van der Waals surface area contributed by atoms with Crippen molar-refractivity contribution in [1.29, 1.82) is 0 Å². The minimum atomic E-state index is -0.384. The Bertz CT molecular complexity index is 599. The molecule has 0 radical (unpaired) electrons. The standard InChI is InChI=1S/C15H15BrN2O2/c1-11(9-12-5-7-13(16)8-6-12)17-14-3-2-4-15(10-14)18(19)20/h2-8,10-11,17H,9H2,1H3. The average Bonchev–Trinajstić information content (AvgIpc) is 2.41. The number of halogens is 1. The van der Waals surface area contributed by atoms with Gasteiger partial charge in [0.05, 0.1) is 4.92 Å². The van der Waals surface area contributed by atoms with Crippen molar-refractivity contribution in [2.24, 2.45) is 0 Å². The van der Waals surface area contributed by atoms with Crippen molar-refractivity contribution in [2.45, 2.75) is 19.4 Å². The van der Waals surface area contributed by atoms with Gasteiger partial charge in [0, 0.05) is 28.3 Å². The Morgan fingerprint density at radius 2 is 1.95 bits per heavy atom. The largest absolute Gasteiger partial charge is 0.382 e. The highest BCUT2D eigenvalue weighted by molar-refractivity contribution is 9.10. The second-order valence-electron chi connectivity index (χ2n) is 4.68. The van der Waals surface area contributed by atoms with Crippen molar-refractivity contribution in [1.82, 2.24) is 0 Å². The summed E-state index contributed by atoms with van der Waals surface area (Å²) in [6, 6.07) is 14.9. The highest BCUT2D eigenvalue weighted by Crippen LogP contribution is 2.19. The summed E-state index contributed by atoms with van der Waals surface area (Å²) in [5, 5.41) is 14.0. The molecule has 0 aliphatic rings. The van der Waals surface area contributed by atoms with E-state index >= 15 is 0 Å². The molecule has 5 heteroatoms. The van der Waals surface area contributed by atoms with Gasteiger partial charge in [0.1, 0.15) is 0 Å². The number of rotatable bonds is 5. The van der Waals surface area contributed by atoms with E-state index in [9.17, 15) is 10.1 Å². The van der Waals surface area contributed by atoms with E-state index in [2.05, 4.69) is 40.3 Å². The molecule has 104 valence electrons. The van der Waals surface area contributed by atoms with Gasteiger partial charge in [-0.25, -0.2) is 0 Å². The zero-order valence-electron chi connectivity index (χ0n) is 11.0. The lowest BCUT2D eigenvalue weighted by molar-refractivity contribution is -0.384. The summed E-state index contributed by atoms with van der Waals surface area (Å²) in [4.78, 5) is 10.4. The molecular weight excluding hydrogens is 320 g/mol. The van der Waals surface area contributed by atoms with Crippen LogP contribution < -0.4 is 5.32 Å². The summed E-state index contributed by atoms with van der Waals surface area (Å²) >= 11 is 3.41. The van der Waals surface area contributed by atoms with E-state index in [1.807, 2.05) is 18.2 Å². The molecule has 0 fully saturated rings. The van der Waals surface area contributed by atoms with Crippen molar-refractivity contribution in [3.8, 4) is 0 Å². The van der Waals surface area contributed by atoms with Gasteiger partial charge in [-0.05, 0) is 37.1 Å². The lowest BCUT2D eigenvalue weighted by Crippen LogP contribution is -2.18. The van der Waals surface area contributed by atoms with E-state index in [-0.39, 0.29) is 16.7 Å². The van der Waals surface area contributed by atoms with Gasteiger partial charge < -0.3 is 5.32 Å². The Morgan fingerprint density at radius 1 is 1.25 bits per heavy atom. The van der Waals surface area contributed by atoms with Gasteiger partial charge in [-0.1, -0.05) is 34.1 Å². The number of nitro benzene ring substituents is 1. The summed E-state index contributed by atoms with van der Waals surface area (Å²) in [6.07, 6.45) is 0.857. The second kappa shape index (κ2) is 6.52. The van der Waals surface area contributed by atoms with Crippen LogP contribution in [0.3, 0.4) is 0 Å². The van der Waals surface area contributed by atoms with E-state index in [0.717, 1.165) is 16.6 Å². The second-order valence-corrected chi connectivity index (χ2v) is 5.60. The number of nitrogens with zero attached hydrogens (tertiary/aromatic N) is 1. The number of benzene rings is 2. The fourth-order valence-electron chi connectivity index (χ4n) is 2.02. The zero-order valence-corrected chi connectivity index (χ0v) is 12.6. The Hall–Kier alpha value is -1.88. The molecular formula is C15H15BrN2O2. The third-order valence-corrected chi connectivity index (χ3v) is 3.45. The van der Waals surface area contributed by atoms with Crippen molar-refractivity contribution >= 4 is 27.3 Å². The molecule has 0 saturated carbocycles. The van der Waals surface area contributed by atoms with E-state index in [1.54, 1.807) is 12.1 Å². The molecule has 1 N–H and O–H groups in total. The van der Waals surface area contributed by atoms with Crippen molar-refractivity contribution in [3.05, 3.63) is 68.7 Å². The Kier molecular flexibility index (Phi) is 4.74. The fraction of sp³-hybridized carbons (Fsp3) is 0.200. The number of nitro groups is 1. The lowest BCUT2D eigenvalue weighted by atomic mass is 10.1. The first kappa shape index (κ1) is 14.5. The normalized spacial score (nSPS) is 11.9. The molecule has 2 rings (SSSR count). The molecule has 2 aromatic rings. The molecule has 0 amide bonds. The minimum absolute atomic E-state index is 0.103. The number of hydrogen-bond donors (Lipinski definition) is 1. The molecule has 0 aliphatic carbocycles. The summed E-state index contributed by atoms with van der Waals surface area (Å²) in [6.45, 7) is 2.06.